The normalized spacial score (nSPS) is 23.1. The van der Waals surface area contributed by atoms with Crippen LogP contribution in [0.3, 0.4) is 0 Å². The molecule has 0 bridgehead atoms. The van der Waals surface area contributed by atoms with Crippen molar-refractivity contribution in [3.63, 3.8) is 0 Å². The Morgan fingerprint density at radius 2 is 2.30 bits per heavy atom. The van der Waals surface area contributed by atoms with E-state index >= 15 is 0 Å². The van der Waals surface area contributed by atoms with Gasteiger partial charge in [-0.05, 0) is 37.1 Å². The standard InChI is InChI=1S/C15H19BrFNO2/c1-2-5-15(14(19)20)6-7-18(10-15)9-11-3-4-12(17)8-13(11)16/h3-4,8H,2,5-7,9-10H2,1H3,(H,19,20). The summed E-state index contributed by atoms with van der Waals surface area (Å²) in [5.74, 6) is -0.965. The maximum atomic E-state index is 13.1. The van der Waals surface area contributed by atoms with Crippen LogP contribution in [0.25, 0.3) is 0 Å². The second-order valence-electron chi connectivity index (χ2n) is 5.53. The maximum Gasteiger partial charge on any atom is 0.310 e. The number of carboxylic acids is 1. The molecule has 2 rings (SSSR count). The second-order valence-corrected chi connectivity index (χ2v) is 6.39. The molecule has 0 saturated carbocycles. The van der Waals surface area contributed by atoms with E-state index in [0.29, 0.717) is 25.9 Å². The van der Waals surface area contributed by atoms with Crippen LogP contribution in [0, 0.1) is 11.2 Å². The highest BCUT2D eigenvalue weighted by molar-refractivity contribution is 9.10. The van der Waals surface area contributed by atoms with Gasteiger partial charge in [0.2, 0.25) is 0 Å². The molecule has 0 aromatic heterocycles. The Hall–Kier alpha value is -0.940. The molecule has 3 nitrogen and oxygen atoms in total. The van der Waals surface area contributed by atoms with Crippen LogP contribution in [0.15, 0.2) is 22.7 Å². The molecule has 1 aromatic carbocycles. The Morgan fingerprint density at radius 1 is 1.55 bits per heavy atom. The van der Waals surface area contributed by atoms with E-state index in [4.69, 9.17) is 0 Å². The molecule has 0 aliphatic carbocycles. The number of likely N-dealkylation sites (tertiary alicyclic amines) is 1. The zero-order valence-corrected chi connectivity index (χ0v) is 13.1. The zero-order valence-electron chi connectivity index (χ0n) is 11.5. The van der Waals surface area contributed by atoms with Gasteiger partial charge in [0, 0.05) is 17.6 Å². The first-order valence-electron chi connectivity index (χ1n) is 6.86. The summed E-state index contributed by atoms with van der Waals surface area (Å²) in [4.78, 5) is 13.7. The lowest BCUT2D eigenvalue weighted by atomic mass is 9.83. The van der Waals surface area contributed by atoms with E-state index in [1.54, 1.807) is 6.07 Å². The highest BCUT2D eigenvalue weighted by Gasteiger charge is 2.43. The van der Waals surface area contributed by atoms with Gasteiger partial charge in [0.15, 0.2) is 0 Å². The predicted molar refractivity (Wildman–Crippen MR) is 79.0 cm³/mol. The largest absolute Gasteiger partial charge is 0.481 e. The van der Waals surface area contributed by atoms with Gasteiger partial charge in [-0.15, -0.1) is 0 Å². The van der Waals surface area contributed by atoms with E-state index in [1.807, 2.05) is 6.92 Å². The maximum absolute atomic E-state index is 13.1. The van der Waals surface area contributed by atoms with E-state index in [9.17, 15) is 14.3 Å². The van der Waals surface area contributed by atoms with Crippen LogP contribution in [-0.2, 0) is 11.3 Å². The molecule has 0 amide bonds. The highest BCUT2D eigenvalue weighted by Crippen LogP contribution is 2.36. The van der Waals surface area contributed by atoms with Crippen molar-refractivity contribution in [1.29, 1.82) is 0 Å². The van der Waals surface area contributed by atoms with Crippen LogP contribution >= 0.6 is 15.9 Å². The Labute approximate surface area is 126 Å². The molecule has 0 radical (unpaired) electrons. The minimum Gasteiger partial charge on any atom is -0.481 e. The van der Waals surface area contributed by atoms with Crippen molar-refractivity contribution in [2.75, 3.05) is 13.1 Å². The van der Waals surface area contributed by atoms with E-state index in [1.165, 1.54) is 12.1 Å². The summed E-state index contributed by atoms with van der Waals surface area (Å²) < 4.78 is 13.8. The molecule has 0 spiro atoms. The average Bonchev–Trinajstić information content (AvgIpc) is 2.78. The number of nitrogens with zero attached hydrogens (tertiary/aromatic N) is 1. The number of hydrogen-bond acceptors (Lipinski definition) is 2. The molecule has 1 saturated heterocycles. The number of rotatable bonds is 5. The predicted octanol–water partition coefficient (Wildman–Crippen LogP) is 3.67. The van der Waals surface area contributed by atoms with Crippen LogP contribution in [0.5, 0.6) is 0 Å². The Morgan fingerprint density at radius 3 is 2.90 bits per heavy atom. The Bertz CT molecular complexity index is 509. The summed E-state index contributed by atoms with van der Waals surface area (Å²) in [5.41, 5.74) is 0.380. The van der Waals surface area contributed by atoms with Gasteiger partial charge in [0.1, 0.15) is 5.82 Å². The number of benzene rings is 1. The van der Waals surface area contributed by atoms with Gasteiger partial charge in [-0.2, -0.15) is 0 Å². The number of halogens is 2. The summed E-state index contributed by atoms with van der Waals surface area (Å²) in [6.07, 6.45) is 2.28. The third-order valence-electron chi connectivity index (χ3n) is 4.02. The van der Waals surface area contributed by atoms with Gasteiger partial charge in [-0.25, -0.2) is 4.39 Å². The number of hydrogen-bond donors (Lipinski definition) is 1. The van der Waals surface area contributed by atoms with Gasteiger partial charge < -0.3 is 5.11 Å². The van der Waals surface area contributed by atoms with Crippen molar-refractivity contribution in [2.45, 2.75) is 32.7 Å². The fourth-order valence-electron chi connectivity index (χ4n) is 2.95. The smallest absolute Gasteiger partial charge is 0.310 e. The van der Waals surface area contributed by atoms with Crippen LogP contribution < -0.4 is 0 Å². The molecule has 1 N–H and O–H groups in total. The van der Waals surface area contributed by atoms with Gasteiger partial charge in [0.25, 0.3) is 0 Å². The minimum absolute atomic E-state index is 0.270. The third-order valence-corrected chi connectivity index (χ3v) is 4.76. The van der Waals surface area contributed by atoms with Crippen molar-refractivity contribution in [2.24, 2.45) is 5.41 Å². The Kier molecular flexibility index (Phi) is 4.81. The van der Waals surface area contributed by atoms with Gasteiger partial charge in [-0.1, -0.05) is 35.3 Å². The summed E-state index contributed by atoms with van der Waals surface area (Å²) in [7, 11) is 0. The minimum atomic E-state index is -0.694. The highest BCUT2D eigenvalue weighted by atomic mass is 79.9. The Balaban J connectivity index is 2.07. The first kappa shape index (κ1) is 15.4. The molecule has 1 fully saturated rings. The first-order valence-corrected chi connectivity index (χ1v) is 7.66. The van der Waals surface area contributed by atoms with E-state index in [-0.39, 0.29) is 5.82 Å². The number of carbonyl (C=O) groups is 1. The lowest BCUT2D eigenvalue weighted by molar-refractivity contribution is -0.148. The van der Waals surface area contributed by atoms with Crippen LogP contribution in [0.1, 0.15) is 31.7 Å². The third kappa shape index (κ3) is 3.20. The van der Waals surface area contributed by atoms with Gasteiger partial charge >= 0.3 is 5.97 Å². The van der Waals surface area contributed by atoms with E-state index in [2.05, 4.69) is 20.8 Å². The number of aliphatic carboxylic acids is 1. The van der Waals surface area contributed by atoms with E-state index < -0.39 is 11.4 Å². The molecule has 5 heteroatoms. The lowest BCUT2D eigenvalue weighted by Crippen LogP contribution is -2.34. The van der Waals surface area contributed by atoms with E-state index in [0.717, 1.165) is 23.0 Å². The van der Waals surface area contributed by atoms with Crippen LogP contribution in [0.4, 0.5) is 4.39 Å². The molecule has 1 heterocycles. The van der Waals surface area contributed by atoms with Crippen molar-refractivity contribution >= 4 is 21.9 Å². The molecule has 1 aromatic rings. The molecule has 1 aliphatic rings. The summed E-state index contributed by atoms with van der Waals surface area (Å²) in [5, 5.41) is 9.48. The second kappa shape index (κ2) is 6.22. The molecule has 1 aliphatic heterocycles. The molecule has 20 heavy (non-hydrogen) atoms. The fourth-order valence-corrected chi connectivity index (χ4v) is 3.42. The molecule has 1 atom stereocenters. The van der Waals surface area contributed by atoms with Crippen molar-refractivity contribution in [3.05, 3.63) is 34.1 Å². The summed E-state index contributed by atoms with van der Waals surface area (Å²) in [6.45, 7) is 4.01. The molecular formula is C15H19BrFNO2. The topological polar surface area (TPSA) is 40.5 Å². The fraction of sp³-hybridized carbons (Fsp3) is 0.533. The van der Waals surface area contributed by atoms with Crippen molar-refractivity contribution < 1.29 is 14.3 Å². The van der Waals surface area contributed by atoms with Crippen LogP contribution in [0.2, 0.25) is 0 Å². The SMILES string of the molecule is CCCC1(C(=O)O)CCN(Cc2ccc(F)cc2Br)C1. The van der Waals surface area contributed by atoms with Crippen LogP contribution in [-0.4, -0.2) is 29.1 Å². The molecule has 110 valence electrons. The summed E-state index contributed by atoms with van der Waals surface area (Å²) in [6, 6.07) is 4.63. The quantitative estimate of drug-likeness (QED) is 0.886. The molecular weight excluding hydrogens is 325 g/mol. The molecule has 1 unspecified atom stereocenters. The van der Waals surface area contributed by atoms with Gasteiger partial charge in [-0.3, -0.25) is 9.69 Å². The van der Waals surface area contributed by atoms with Crippen molar-refractivity contribution in [1.82, 2.24) is 4.90 Å². The average molecular weight is 344 g/mol. The number of carboxylic acid groups (broad SMARTS) is 1. The zero-order chi connectivity index (χ0) is 14.8. The monoisotopic (exact) mass is 343 g/mol. The van der Waals surface area contributed by atoms with Crippen molar-refractivity contribution in [3.8, 4) is 0 Å². The lowest BCUT2D eigenvalue weighted by Gasteiger charge is -2.24. The summed E-state index contributed by atoms with van der Waals surface area (Å²) >= 11 is 3.36. The first-order chi connectivity index (χ1) is 9.47. The van der Waals surface area contributed by atoms with Gasteiger partial charge in [0.05, 0.1) is 5.41 Å².